The third-order valence-corrected chi connectivity index (χ3v) is 6.06. The third-order valence-electron chi connectivity index (χ3n) is 6.06. The zero-order chi connectivity index (χ0) is 24.8. The second-order valence-electron chi connectivity index (χ2n) is 8.55. The van der Waals surface area contributed by atoms with Crippen LogP contribution in [0.15, 0.2) is 71.3 Å². The number of carbonyl (C=O) groups is 3. The molecule has 1 aromatic heterocycles. The van der Waals surface area contributed by atoms with E-state index >= 15 is 0 Å². The van der Waals surface area contributed by atoms with Crippen LogP contribution < -0.4 is 20.3 Å². The highest BCUT2D eigenvalue weighted by Crippen LogP contribution is 2.32. The summed E-state index contributed by atoms with van der Waals surface area (Å²) in [5, 5.41) is 5.86. The number of methoxy groups -OCH3 is 1. The van der Waals surface area contributed by atoms with Crippen LogP contribution in [-0.4, -0.2) is 30.9 Å². The van der Waals surface area contributed by atoms with Crippen LogP contribution in [0, 0.1) is 0 Å². The molecular weight excluding hydrogens is 446 g/mol. The zero-order valence-corrected chi connectivity index (χ0v) is 19.8. The van der Waals surface area contributed by atoms with Gasteiger partial charge in [-0.05, 0) is 66.9 Å². The molecule has 1 unspecified atom stereocenters. The first kappa shape index (κ1) is 24.1. The highest BCUT2D eigenvalue weighted by molar-refractivity contribution is 6.08. The molecule has 0 saturated heterocycles. The van der Waals surface area contributed by atoms with E-state index in [9.17, 15) is 14.4 Å². The number of nitrogens with zero attached hydrogens (tertiary/aromatic N) is 1. The smallest absolute Gasteiger partial charge is 0.294 e. The van der Waals surface area contributed by atoms with Crippen LogP contribution in [0.5, 0.6) is 5.75 Å². The Hall–Kier alpha value is -4.07. The molecule has 8 heteroatoms. The fraction of sp³-hybridized carbons (Fsp3) is 0.296. The number of anilines is 2. The molecule has 3 amide bonds. The number of hydrogen-bond donors (Lipinski definition) is 2. The quantitative estimate of drug-likeness (QED) is 0.492. The Morgan fingerprint density at radius 1 is 1.00 bits per heavy atom. The average Bonchev–Trinajstić information content (AvgIpc) is 3.57. The molecule has 0 bridgehead atoms. The molecule has 0 spiro atoms. The Labute approximate surface area is 204 Å². The number of carbonyl (C=O) groups excluding carboxylic acids is 3. The number of benzene rings is 2. The van der Waals surface area contributed by atoms with E-state index in [1.165, 1.54) is 18.1 Å². The standard InChI is InChI=1S/C27H29N3O5/c1-18(31)28-21-11-13-22(14-12-21)30(27(33)24-8-5-17-35-24)25(19-9-15-23(34-2)16-10-19)26(32)29-20-6-3-4-7-20/h5,8-17,20,25H,3-4,6-7H2,1-2H3,(H,28,31)(H,29,32). The molecule has 1 aliphatic carbocycles. The predicted octanol–water partition coefficient (Wildman–Crippen LogP) is 4.69. The van der Waals surface area contributed by atoms with Crippen molar-refractivity contribution in [3.05, 3.63) is 78.3 Å². The van der Waals surface area contributed by atoms with Crippen LogP contribution in [0.25, 0.3) is 0 Å². The zero-order valence-electron chi connectivity index (χ0n) is 19.8. The summed E-state index contributed by atoms with van der Waals surface area (Å²) in [6, 6.07) is 16.2. The highest BCUT2D eigenvalue weighted by atomic mass is 16.5. The van der Waals surface area contributed by atoms with Gasteiger partial charge in [-0.15, -0.1) is 0 Å². The molecule has 1 aliphatic rings. The highest BCUT2D eigenvalue weighted by Gasteiger charge is 2.35. The maximum absolute atomic E-state index is 13.7. The molecule has 2 aromatic carbocycles. The van der Waals surface area contributed by atoms with Gasteiger partial charge >= 0.3 is 0 Å². The topological polar surface area (TPSA) is 101 Å². The molecule has 1 saturated carbocycles. The molecule has 8 nitrogen and oxygen atoms in total. The molecule has 182 valence electrons. The van der Waals surface area contributed by atoms with E-state index in [0.717, 1.165) is 25.7 Å². The Bertz CT molecular complexity index is 1150. The van der Waals surface area contributed by atoms with Crippen molar-refractivity contribution in [1.29, 1.82) is 0 Å². The Kier molecular flexibility index (Phi) is 7.50. The van der Waals surface area contributed by atoms with Gasteiger partial charge in [0.15, 0.2) is 5.76 Å². The minimum absolute atomic E-state index is 0.0750. The van der Waals surface area contributed by atoms with Crippen LogP contribution in [0.3, 0.4) is 0 Å². The van der Waals surface area contributed by atoms with Gasteiger partial charge in [0.05, 0.1) is 13.4 Å². The lowest BCUT2D eigenvalue weighted by molar-refractivity contribution is -0.123. The van der Waals surface area contributed by atoms with Gasteiger partial charge in [-0.2, -0.15) is 0 Å². The van der Waals surface area contributed by atoms with Crippen molar-refractivity contribution in [1.82, 2.24) is 5.32 Å². The molecule has 3 aromatic rings. The van der Waals surface area contributed by atoms with E-state index in [0.29, 0.717) is 22.7 Å². The number of ether oxygens (including phenoxy) is 1. The van der Waals surface area contributed by atoms with Crippen LogP contribution >= 0.6 is 0 Å². The fourth-order valence-electron chi connectivity index (χ4n) is 4.37. The number of amides is 3. The minimum atomic E-state index is -0.953. The van der Waals surface area contributed by atoms with Crippen LogP contribution in [0.1, 0.15) is 54.8 Å². The lowest BCUT2D eigenvalue weighted by Gasteiger charge is -2.32. The van der Waals surface area contributed by atoms with Crippen molar-refractivity contribution in [2.24, 2.45) is 0 Å². The first-order chi connectivity index (χ1) is 17.0. The van der Waals surface area contributed by atoms with Crippen molar-refractivity contribution in [2.75, 3.05) is 17.3 Å². The molecule has 2 N–H and O–H groups in total. The second-order valence-corrected chi connectivity index (χ2v) is 8.55. The van der Waals surface area contributed by atoms with Crippen LogP contribution in [0.2, 0.25) is 0 Å². The molecule has 35 heavy (non-hydrogen) atoms. The van der Waals surface area contributed by atoms with E-state index in [4.69, 9.17) is 9.15 Å². The third kappa shape index (κ3) is 5.71. The largest absolute Gasteiger partial charge is 0.497 e. The summed E-state index contributed by atoms with van der Waals surface area (Å²) in [7, 11) is 1.57. The Morgan fingerprint density at radius 2 is 1.69 bits per heavy atom. The van der Waals surface area contributed by atoms with E-state index in [1.807, 2.05) is 0 Å². The van der Waals surface area contributed by atoms with Gasteiger partial charge in [0.2, 0.25) is 11.8 Å². The number of hydrogen-bond acceptors (Lipinski definition) is 5. The maximum Gasteiger partial charge on any atom is 0.294 e. The molecule has 0 aliphatic heterocycles. The first-order valence-corrected chi connectivity index (χ1v) is 11.7. The SMILES string of the molecule is COc1ccc(C(C(=O)NC2CCCC2)N(C(=O)c2ccco2)c2ccc(NC(C)=O)cc2)cc1. The van der Waals surface area contributed by atoms with Crippen molar-refractivity contribution in [2.45, 2.75) is 44.7 Å². The van der Waals surface area contributed by atoms with Gasteiger partial charge in [0.1, 0.15) is 11.8 Å². The van der Waals surface area contributed by atoms with E-state index in [2.05, 4.69) is 10.6 Å². The molecule has 0 radical (unpaired) electrons. The summed E-state index contributed by atoms with van der Waals surface area (Å²) >= 11 is 0. The van der Waals surface area contributed by atoms with Gasteiger partial charge in [0.25, 0.3) is 5.91 Å². The molecule has 1 fully saturated rings. The fourth-order valence-corrected chi connectivity index (χ4v) is 4.37. The van der Waals surface area contributed by atoms with Gasteiger partial charge < -0.3 is 19.8 Å². The predicted molar refractivity (Wildman–Crippen MR) is 132 cm³/mol. The monoisotopic (exact) mass is 475 g/mol. The maximum atomic E-state index is 13.7. The van der Waals surface area contributed by atoms with Crippen molar-refractivity contribution in [3.63, 3.8) is 0 Å². The lowest BCUT2D eigenvalue weighted by atomic mass is 10.0. The number of nitrogens with one attached hydrogen (secondary N) is 2. The van der Waals surface area contributed by atoms with E-state index in [-0.39, 0.29) is 23.6 Å². The van der Waals surface area contributed by atoms with Crippen LogP contribution in [-0.2, 0) is 9.59 Å². The van der Waals surface area contributed by atoms with E-state index < -0.39 is 11.9 Å². The van der Waals surface area contributed by atoms with Crippen LogP contribution in [0.4, 0.5) is 11.4 Å². The summed E-state index contributed by atoms with van der Waals surface area (Å²) in [6.45, 7) is 1.42. The van der Waals surface area contributed by atoms with Crippen molar-refractivity contribution >= 4 is 29.1 Å². The molecule has 4 rings (SSSR count). The summed E-state index contributed by atoms with van der Waals surface area (Å²) in [5.74, 6) is -0.165. The summed E-state index contributed by atoms with van der Waals surface area (Å²) in [6.07, 6.45) is 5.39. The normalized spacial score (nSPS) is 14.2. The summed E-state index contributed by atoms with van der Waals surface area (Å²) in [4.78, 5) is 40.3. The number of furan rings is 1. The lowest BCUT2D eigenvalue weighted by Crippen LogP contribution is -2.46. The van der Waals surface area contributed by atoms with Gasteiger partial charge in [-0.25, -0.2) is 0 Å². The van der Waals surface area contributed by atoms with Gasteiger partial charge in [-0.3, -0.25) is 19.3 Å². The average molecular weight is 476 g/mol. The Balaban J connectivity index is 1.78. The second kappa shape index (κ2) is 10.9. The van der Waals surface area contributed by atoms with E-state index in [1.54, 1.807) is 67.8 Å². The molecule has 1 heterocycles. The summed E-state index contributed by atoms with van der Waals surface area (Å²) < 4.78 is 10.7. The molecule has 1 atom stereocenters. The van der Waals surface area contributed by atoms with Gasteiger partial charge in [0, 0.05) is 24.3 Å². The Morgan fingerprint density at radius 3 is 2.26 bits per heavy atom. The first-order valence-electron chi connectivity index (χ1n) is 11.7. The van der Waals surface area contributed by atoms with Crippen molar-refractivity contribution < 1.29 is 23.5 Å². The van der Waals surface area contributed by atoms with Gasteiger partial charge in [-0.1, -0.05) is 25.0 Å². The minimum Gasteiger partial charge on any atom is -0.497 e. The van der Waals surface area contributed by atoms with Crippen molar-refractivity contribution in [3.8, 4) is 5.75 Å². The molecular formula is C27H29N3O5. The number of rotatable bonds is 8. The summed E-state index contributed by atoms with van der Waals surface area (Å²) in [5.41, 5.74) is 1.71.